The molecule has 0 aliphatic carbocycles. The van der Waals surface area contributed by atoms with Crippen molar-refractivity contribution in [3.05, 3.63) is 23.2 Å². The van der Waals surface area contributed by atoms with Crippen molar-refractivity contribution >= 4 is 23.0 Å². The lowest BCUT2D eigenvalue weighted by molar-refractivity contribution is -0.130. The molecule has 0 aliphatic rings. The Bertz CT molecular complexity index is 400. The van der Waals surface area contributed by atoms with Crippen molar-refractivity contribution in [3.63, 3.8) is 0 Å². The average Bonchev–Trinajstić information content (AvgIpc) is 2.18. The second-order valence-corrected chi connectivity index (χ2v) is 5.42. The number of benzene rings is 1. The van der Waals surface area contributed by atoms with Crippen LogP contribution >= 0.6 is 11.6 Å². The number of aliphatic hydroxyl groups is 1. The van der Waals surface area contributed by atoms with Crippen LogP contribution in [0.15, 0.2) is 18.2 Å². The van der Waals surface area contributed by atoms with Crippen molar-refractivity contribution in [2.75, 3.05) is 11.2 Å². The summed E-state index contributed by atoms with van der Waals surface area (Å²) in [5.41, 5.74) is 7.83. The first kappa shape index (κ1) is 14.1. The maximum atomic E-state index is 9.91. The Hall–Kier alpha value is -0.970. The molecular formula is C12H19ClN2O2. The third-order valence-corrected chi connectivity index (χ3v) is 3.23. The third-order valence-electron chi connectivity index (χ3n) is 2.90. The molecule has 0 amide bonds. The molecule has 0 aliphatic heterocycles. The fourth-order valence-corrected chi connectivity index (χ4v) is 1.08. The minimum atomic E-state index is -0.975. The van der Waals surface area contributed by atoms with Gasteiger partial charge in [-0.15, -0.1) is 0 Å². The van der Waals surface area contributed by atoms with E-state index in [1.54, 1.807) is 45.9 Å². The summed E-state index contributed by atoms with van der Waals surface area (Å²) in [5.74, 6) is 0. The van der Waals surface area contributed by atoms with Crippen LogP contribution in [0.25, 0.3) is 0 Å². The largest absolute Gasteiger partial charge is 0.398 e. The van der Waals surface area contributed by atoms with Crippen LogP contribution in [-0.2, 0) is 4.84 Å². The number of halogens is 1. The van der Waals surface area contributed by atoms with Crippen molar-refractivity contribution in [1.82, 2.24) is 0 Å². The van der Waals surface area contributed by atoms with Gasteiger partial charge >= 0.3 is 0 Å². The molecule has 17 heavy (non-hydrogen) atoms. The molecule has 1 rings (SSSR count). The van der Waals surface area contributed by atoms with Crippen LogP contribution in [0.3, 0.4) is 0 Å². The average molecular weight is 259 g/mol. The molecule has 0 atom stereocenters. The van der Waals surface area contributed by atoms with Crippen LogP contribution in [0, 0.1) is 0 Å². The minimum absolute atomic E-state index is 0.458. The molecule has 0 bridgehead atoms. The van der Waals surface area contributed by atoms with E-state index in [0.717, 1.165) is 0 Å². The summed E-state index contributed by atoms with van der Waals surface area (Å²) in [6, 6.07) is 5.10. The van der Waals surface area contributed by atoms with Gasteiger partial charge < -0.3 is 10.8 Å². The number of nitrogens with two attached hydrogens (primary N) is 1. The first-order valence-electron chi connectivity index (χ1n) is 5.35. The summed E-state index contributed by atoms with van der Waals surface area (Å²) in [7, 11) is 0. The van der Waals surface area contributed by atoms with E-state index in [2.05, 4.69) is 5.48 Å². The fraction of sp³-hybridized carbons (Fsp3) is 0.500. The standard InChI is InChI=1S/C12H19ClN2O2/c1-11(2,16)12(3,4)17-15-8-5-6-10(14)9(13)7-8/h5-7,15-16H,14H2,1-4H3. The van der Waals surface area contributed by atoms with Crippen LogP contribution in [0.4, 0.5) is 11.4 Å². The topological polar surface area (TPSA) is 67.5 Å². The van der Waals surface area contributed by atoms with Crippen LogP contribution in [0.5, 0.6) is 0 Å². The molecule has 0 heterocycles. The Balaban J connectivity index is 2.71. The van der Waals surface area contributed by atoms with E-state index in [4.69, 9.17) is 22.2 Å². The Labute approximate surface area is 107 Å². The number of hydrogen-bond donors (Lipinski definition) is 3. The Kier molecular flexibility index (Phi) is 3.91. The highest BCUT2D eigenvalue weighted by atomic mass is 35.5. The van der Waals surface area contributed by atoms with E-state index in [9.17, 15) is 5.11 Å². The molecule has 0 fully saturated rings. The molecule has 96 valence electrons. The Morgan fingerprint density at radius 3 is 2.35 bits per heavy atom. The first-order valence-corrected chi connectivity index (χ1v) is 5.73. The van der Waals surface area contributed by atoms with Gasteiger partial charge in [0.15, 0.2) is 0 Å². The summed E-state index contributed by atoms with van der Waals surface area (Å²) in [6.45, 7) is 6.95. The predicted molar refractivity (Wildman–Crippen MR) is 70.9 cm³/mol. The molecule has 4 N–H and O–H groups in total. The molecule has 0 saturated carbocycles. The van der Waals surface area contributed by atoms with E-state index < -0.39 is 11.2 Å². The molecule has 0 saturated heterocycles. The number of anilines is 2. The molecule has 1 aromatic carbocycles. The molecule has 0 spiro atoms. The Morgan fingerprint density at radius 1 is 1.29 bits per heavy atom. The SMILES string of the molecule is CC(C)(O)C(C)(C)ONc1ccc(N)c(Cl)c1. The molecular weight excluding hydrogens is 240 g/mol. The van der Waals surface area contributed by atoms with E-state index in [1.807, 2.05) is 0 Å². The van der Waals surface area contributed by atoms with Gasteiger partial charge in [0.2, 0.25) is 0 Å². The van der Waals surface area contributed by atoms with Gasteiger partial charge in [0, 0.05) is 0 Å². The fourth-order valence-electron chi connectivity index (χ4n) is 0.902. The number of rotatable bonds is 4. The zero-order valence-corrected chi connectivity index (χ0v) is 11.3. The molecule has 0 aromatic heterocycles. The molecule has 4 nitrogen and oxygen atoms in total. The van der Waals surface area contributed by atoms with Gasteiger partial charge in [-0.25, -0.2) is 0 Å². The maximum absolute atomic E-state index is 9.91. The van der Waals surface area contributed by atoms with Crippen molar-refractivity contribution in [1.29, 1.82) is 0 Å². The maximum Gasteiger partial charge on any atom is 0.118 e. The summed E-state index contributed by atoms with van der Waals surface area (Å²) in [4.78, 5) is 5.48. The van der Waals surface area contributed by atoms with Gasteiger partial charge in [-0.05, 0) is 45.9 Å². The summed E-state index contributed by atoms with van der Waals surface area (Å²) in [5, 5.41) is 10.4. The highest BCUT2D eigenvalue weighted by molar-refractivity contribution is 6.33. The monoisotopic (exact) mass is 258 g/mol. The van der Waals surface area contributed by atoms with Crippen molar-refractivity contribution in [3.8, 4) is 0 Å². The quantitative estimate of drug-likeness (QED) is 0.574. The summed E-state index contributed by atoms with van der Waals surface area (Å²) < 4.78 is 0. The van der Waals surface area contributed by atoms with Crippen LogP contribution in [0.1, 0.15) is 27.7 Å². The normalized spacial score (nSPS) is 12.6. The Morgan fingerprint density at radius 2 is 1.88 bits per heavy atom. The van der Waals surface area contributed by atoms with Gasteiger partial charge in [0.1, 0.15) is 5.60 Å². The van der Waals surface area contributed by atoms with Gasteiger partial charge in [0.05, 0.1) is 22.0 Å². The lowest BCUT2D eigenvalue weighted by Crippen LogP contribution is -2.48. The van der Waals surface area contributed by atoms with E-state index in [0.29, 0.717) is 16.4 Å². The van der Waals surface area contributed by atoms with Crippen LogP contribution < -0.4 is 11.2 Å². The van der Waals surface area contributed by atoms with Gasteiger partial charge in [0.25, 0.3) is 0 Å². The lowest BCUT2D eigenvalue weighted by Gasteiger charge is -2.36. The zero-order chi connectivity index (χ0) is 13.3. The zero-order valence-electron chi connectivity index (χ0n) is 10.5. The van der Waals surface area contributed by atoms with Gasteiger partial charge in [-0.3, -0.25) is 10.3 Å². The lowest BCUT2D eigenvalue weighted by atomic mass is 9.90. The number of nitrogen functional groups attached to an aromatic ring is 1. The number of nitrogens with one attached hydrogen (secondary N) is 1. The van der Waals surface area contributed by atoms with Gasteiger partial charge in [-0.1, -0.05) is 11.6 Å². The van der Waals surface area contributed by atoms with E-state index in [-0.39, 0.29) is 0 Å². The summed E-state index contributed by atoms with van der Waals surface area (Å²) in [6.07, 6.45) is 0. The molecule has 0 radical (unpaired) electrons. The van der Waals surface area contributed by atoms with Crippen molar-refractivity contribution in [2.45, 2.75) is 38.9 Å². The third kappa shape index (κ3) is 3.49. The van der Waals surface area contributed by atoms with Gasteiger partial charge in [-0.2, -0.15) is 0 Å². The highest BCUT2D eigenvalue weighted by Gasteiger charge is 2.36. The van der Waals surface area contributed by atoms with Crippen LogP contribution in [0.2, 0.25) is 5.02 Å². The molecule has 1 aromatic rings. The number of hydrogen-bond acceptors (Lipinski definition) is 4. The minimum Gasteiger partial charge on any atom is -0.398 e. The second kappa shape index (κ2) is 4.72. The van der Waals surface area contributed by atoms with Crippen molar-refractivity contribution < 1.29 is 9.94 Å². The predicted octanol–water partition coefficient (Wildman–Crippen LogP) is 2.82. The van der Waals surface area contributed by atoms with E-state index in [1.165, 1.54) is 0 Å². The molecule has 5 heteroatoms. The van der Waals surface area contributed by atoms with Crippen molar-refractivity contribution in [2.24, 2.45) is 0 Å². The summed E-state index contributed by atoms with van der Waals surface area (Å²) >= 11 is 5.88. The van der Waals surface area contributed by atoms with E-state index >= 15 is 0 Å². The first-order chi connectivity index (χ1) is 7.63. The highest BCUT2D eigenvalue weighted by Crippen LogP contribution is 2.27. The van der Waals surface area contributed by atoms with Crippen LogP contribution in [-0.4, -0.2) is 16.3 Å². The second-order valence-electron chi connectivity index (χ2n) is 5.01. The molecule has 0 unspecified atom stereocenters. The smallest absolute Gasteiger partial charge is 0.118 e.